The van der Waals surface area contributed by atoms with Crippen LogP contribution in [0.15, 0.2) is 54.6 Å². The highest BCUT2D eigenvalue weighted by molar-refractivity contribution is 6.10. The number of hydrogen-bond acceptors (Lipinski definition) is 5. The minimum atomic E-state index is -0.228. The molecule has 0 aliphatic carbocycles. The van der Waals surface area contributed by atoms with Crippen LogP contribution < -0.4 is 15.5 Å². The Hall–Kier alpha value is -3.23. The highest BCUT2D eigenvalue weighted by Crippen LogP contribution is 2.29. The maximum atomic E-state index is 12.7. The van der Waals surface area contributed by atoms with Crippen molar-refractivity contribution >= 4 is 29.1 Å². The Kier molecular flexibility index (Phi) is 7.92. The minimum absolute atomic E-state index is 0.0227. The number of rotatable bonds is 8. The molecule has 2 N–H and O–H groups in total. The fraction of sp³-hybridized carbons (Fsp3) is 0.423. The van der Waals surface area contributed by atoms with Gasteiger partial charge in [0.15, 0.2) is 0 Å². The van der Waals surface area contributed by atoms with Crippen LogP contribution in [0.1, 0.15) is 30.9 Å². The van der Waals surface area contributed by atoms with Crippen LogP contribution in [0, 0.1) is 0 Å². The third kappa shape index (κ3) is 6.01. The molecule has 0 aromatic heterocycles. The van der Waals surface area contributed by atoms with Crippen LogP contribution >= 0.6 is 0 Å². The lowest BCUT2D eigenvalue weighted by molar-refractivity contribution is -0.125. The first-order chi connectivity index (χ1) is 16.5. The van der Waals surface area contributed by atoms with Gasteiger partial charge in [-0.15, -0.1) is 0 Å². The second kappa shape index (κ2) is 11.3. The second-order valence-corrected chi connectivity index (χ2v) is 8.97. The van der Waals surface area contributed by atoms with E-state index in [4.69, 9.17) is 0 Å². The SMILES string of the molecule is CN1CCN(CCCNC(=O)CCC(=O)N2CC(=O)Nc3ccccc32)[C@@H](c2ccccc2)C1. The Labute approximate surface area is 200 Å². The van der Waals surface area contributed by atoms with E-state index in [9.17, 15) is 14.4 Å². The molecule has 2 aromatic carbocycles. The van der Waals surface area contributed by atoms with Gasteiger partial charge in [0.2, 0.25) is 17.7 Å². The number of fused-ring (bicyclic) bond motifs is 1. The number of nitrogens with zero attached hydrogens (tertiary/aromatic N) is 3. The number of hydrogen-bond donors (Lipinski definition) is 2. The lowest BCUT2D eigenvalue weighted by Gasteiger charge is -2.40. The first-order valence-electron chi connectivity index (χ1n) is 11.9. The number of benzene rings is 2. The van der Waals surface area contributed by atoms with Crippen molar-refractivity contribution in [3.05, 3.63) is 60.2 Å². The molecule has 4 rings (SSSR count). The highest BCUT2D eigenvalue weighted by atomic mass is 16.2. The quantitative estimate of drug-likeness (QED) is 0.587. The lowest BCUT2D eigenvalue weighted by Crippen LogP contribution is -2.47. The first-order valence-corrected chi connectivity index (χ1v) is 11.9. The maximum absolute atomic E-state index is 12.7. The number of carbonyl (C=O) groups is 3. The Bertz CT molecular complexity index is 1010. The van der Waals surface area contributed by atoms with E-state index in [1.165, 1.54) is 10.5 Å². The van der Waals surface area contributed by atoms with Gasteiger partial charge >= 0.3 is 0 Å². The zero-order valence-corrected chi connectivity index (χ0v) is 19.7. The number of likely N-dealkylation sites (N-methyl/N-ethyl adjacent to an activating group) is 1. The second-order valence-electron chi connectivity index (χ2n) is 8.97. The number of piperazine rings is 1. The summed E-state index contributed by atoms with van der Waals surface area (Å²) in [5.41, 5.74) is 2.62. The summed E-state index contributed by atoms with van der Waals surface area (Å²) in [6, 6.07) is 18.1. The number of carbonyl (C=O) groups excluding carboxylic acids is 3. The van der Waals surface area contributed by atoms with Crippen molar-refractivity contribution in [2.75, 3.05) is 56.5 Å². The summed E-state index contributed by atoms with van der Waals surface area (Å²) in [5.74, 6) is -0.587. The van der Waals surface area contributed by atoms with Crippen LogP contribution in [0.3, 0.4) is 0 Å². The van der Waals surface area contributed by atoms with Crippen LogP contribution in [0.2, 0.25) is 0 Å². The summed E-state index contributed by atoms with van der Waals surface area (Å²) in [6.07, 6.45) is 1.04. The van der Waals surface area contributed by atoms with Crippen molar-refractivity contribution in [1.29, 1.82) is 0 Å². The molecule has 2 aliphatic rings. The average Bonchev–Trinajstić information content (AvgIpc) is 2.85. The van der Waals surface area contributed by atoms with E-state index in [0.717, 1.165) is 32.6 Å². The van der Waals surface area contributed by atoms with Gasteiger partial charge in [-0.05, 0) is 31.2 Å². The zero-order valence-electron chi connectivity index (χ0n) is 19.7. The molecule has 2 heterocycles. The summed E-state index contributed by atoms with van der Waals surface area (Å²) in [6.45, 7) is 4.50. The summed E-state index contributed by atoms with van der Waals surface area (Å²) in [4.78, 5) is 43.3. The van der Waals surface area contributed by atoms with E-state index in [1.54, 1.807) is 12.1 Å². The largest absolute Gasteiger partial charge is 0.356 e. The third-order valence-electron chi connectivity index (χ3n) is 6.46. The Morgan fingerprint density at radius 1 is 1.03 bits per heavy atom. The molecule has 1 saturated heterocycles. The molecule has 34 heavy (non-hydrogen) atoms. The predicted molar refractivity (Wildman–Crippen MR) is 133 cm³/mol. The Balaban J connectivity index is 1.20. The van der Waals surface area contributed by atoms with Crippen molar-refractivity contribution in [3.8, 4) is 0 Å². The number of anilines is 2. The highest BCUT2D eigenvalue weighted by Gasteiger charge is 2.27. The van der Waals surface area contributed by atoms with Gasteiger partial charge in [-0.3, -0.25) is 19.3 Å². The van der Waals surface area contributed by atoms with Gasteiger partial charge in [0, 0.05) is 51.6 Å². The van der Waals surface area contributed by atoms with E-state index in [1.807, 2.05) is 18.2 Å². The van der Waals surface area contributed by atoms with Crippen molar-refractivity contribution in [2.24, 2.45) is 0 Å². The van der Waals surface area contributed by atoms with Crippen molar-refractivity contribution in [2.45, 2.75) is 25.3 Å². The van der Waals surface area contributed by atoms with E-state index in [0.29, 0.717) is 24.0 Å². The molecule has 8 nitrogen and oxygen atoms in total. The molecule has 3 amide bonds. The molecule has 0 spiro atoms. The van der Waals surface area contributed by atoms with Crippen molar-refractivity contribution in [1.82, 2.24) is 15.1 Å². The molecule has 0 radical (unpaired) electrons. The van der Waals surface area contributed by atoms with Crippen LogP contribution in [-0.2, 0) is 14.4 Å². The van der Waals surface area contributed by atoms with E-state index in [2.05, 4.69) is 51.7 Å². The average molecular weight is 464 g/mol. The Morgan fingerprint density at radius 2 is 1.79 bits per heavy atom. The predicted octanol–water partition coefficient (Wildman–Crippen LogP) is 2.25. The fourth-order valence-corrected chi connectivity index (χ4v) is 4.63. The van der Waals surface area contributed by atoms with Gasteiger partial charge in [0.1, 0.15) is 6.54 Å². The first kappa shape index (κ1) is 23.9. The topological polar surface area (TPSA) is 85.0 Å². The molecule has 1 atom stereocenters. The van der Waals surface area contributed by atoms with Crippen molar-refractivity contribution in [3.63, 3.8) is 0 Å². The van der Waals surface area contributed by atoms with Gasteiger partial charge in [0.05, 0.1) is 11.4 Å². The van der Waals surface area contributed by atoms with Crippen molar-refractivity contribution < 1.29 is 14.4 Å². The normalized spacial score (nSPS) is 18.8. The van der Waals surface area contributed by atoms with Crippen LogP contribution in [0.5, 0.6) is 0 Å². The summed E-state index contributed by atoms with van der Waals surface area (Å²) in [7, 11) is 2.16. The van der Waals surface area contributed by atoms with Gasteiger partial charge in [0.25, 0.3) is 0 Å². The minimum Gasteiger partial charge on any atom is -0.356 e. The molecular weight excluding hydrogens is 430 g/mol. The summed E-state index contributed by atoms with van der Waals surface area (Å²) in [5, 5.41) is 5.71. The van der Waals surface area contributed by atoms with E-state index in [-0.39, 0.29) is 37.1 Å². The summed E-state index contributed by atoms with van der Waals surface area (Å²) < 4.78 is 0. The van der Waals surface area contributed by atoms with Crippen LogP contribution in [0.4, 0.5) is 11.4 Å². The molecule has 2 aliphatic heterocycles. The molecule has 1 fully saturated rings. The summed E-state index contributed by atoms with van der Waals surface area (Å²) >= 11 is 0. The maximum Gasteiger partial charge on any atom is 0.244 e. The number of para-hydroxylation sites is 2. The molecule has 0 unspecified atom stereocenters. The molecule has 8 heteroatoms. The zero-order chi connectivity index (χ0) is 23.9. The number of amides is 3. The van der Waals surface area contributed by atoms with E-state index >= 15 is 0 Å². The molecule has 2 aromatic rings. The molecule has 0 bridgehead atoms. The van der Waals surface area contributed by atoms with Gasteiger partial charge < -0.3 is 20.4 Å². The molecule has 180 valence electrons. The van der Waals surface area contributed by atoms with Gasteiger partial charge in [-0.1, -0.05) is 42.5 Å². The van der Waals surface area contributed by atoms with Gasteiger partial charge in [-0.25, -0.2) is 0 Å². The smallest absolute Gasteiger partial charge is 0.244 e. The third-order valence-corrected chi connectivity index (χ3v) is 6.46. The molecular formula is C26H33N5O3. The Morgan fingerprint density at radius 3 is 2.62 bits per heavy atom. The monoisotopic (exact) mass is 463 g/mol. The fourth-order valence-electron chi connectivity index (χ4n) is 4.63. The van der Waals surface area contributed by atoms with E-state index < -0.39 is 0 Å². The standard InChI is InChI=1S/C26H33N5O3/c1-29-16-17-30(23(18-29)20-8-3-2-4-9-20)15-7-14-27-24(32)12-13-26(34)31-19-25(33)28-21-10-5-6-11-22(21)31/h2-6,8-11,23H,7,12-19H2,1H3,(H,27,32)(H,28,33)/t23-/m1/s1. The van der Waals surface area contributed by atoms with Crippen LogP contribution in [0.25, 0.3) is 0 Å². The molecule has 0 saturated carbocycles. The lowest BCUT2D eigenvalue weighted by atomic mass is 10.0. The van der Waals surface area contributed by atoms with Gasteiger partial charge in [-0.2, -0.15) is 0 Å². The van der Waals surface area contributed by atoms with Crippen LogP contribution in [-0.4, -0.2) is 73.8 Å². The number of nitrogens with one attached hydrogen (secondary N) is 2.